The third-order valence-corrected chi connectivity index (χ3v) is 3.06. The van der Waals surface area contributed by atoms with Crippen molar-refractivity contribution in [3.8, 4) is 5.75 Å². The Balaban J connectivity index is 2.40. The first kappa shape index (κ1) is 16.0. The van der Waals surface area contributed by atoms with Gasteiger partial charge in [-0.3, -0.25) is 9.59 Å². The maximum Gasteiger partial charge on any atom is 0.305 e. The van der Waals surface area contributed by atoms with Crippen LogP contribution in [0.2, 0.25) is 0 Å². The zero-order valence-corrected chi connectivity index (χ0v) is 12.2. The number of benzene rings is 1. The standard InChI is InChI=1S/C15H21NO4/c1-11-5-4-6-12(2)15(11)20-10-8-13(17)16(3)9-7-14(18)19/h4-6H,7-10H2,1-3H3,(H,18,19). The van der Waals surface area contributed by atoms with Gasteiger partial charge in [0.15, 0.2) is 0 Å². The molecule has 1 aromatic carbocycles. The fraction of sp³-hybridized carbons (Fsp3) is 0.467. The average molecular weight is 279 g/mol. The van der Waals surface area contributed by atoms with Crippen LogP contribution in [0.1, 0.15) is 24.0 Å². The predicted molar refractivity (Wildman–Crippen MR) is 75.9 cm³/mol. The Morgan fingerprint density at radius 1 is 1.20 bits per heavy atom. The Bertz CT molecular complexity index is 465. The number of carboxylic acid groups (broad SMARTS) is 1. The largest absolute Gasteiger partial charge is 0.493 e. The summed E-state index contributed by atoms with van der Waals surface area (Å²) in [4.78, 5) is 23.6. The molecule has 0 unspecified atom stereocenters. The first-order chi connectivity index (χ1) is 9.41. The molecule has 0 spiro atoms. The van der Waals surface area contributed by atoms with E-state index in [0.717, 1.165) is 16.9 Å². The molecule has 0 aromatic heterocycles. The van der Waals surface area contributed by atoms with Gasteiger partial charge >= 0.3 is 5.97 Å². The first-order valence-corrected chi connectivity index (χ1v) is 6.56. The summed E-state index contributed by atoms with van der Waals surface area (Å²) in [5.41, 5.74) is 2.08. The van der Waals surface area contributed by atoms with Crippen molar-refractivity contribution in [1.29, 1.82) is 0 Å². The molecule has 0 bridgehead atoms. The fourth-order valence-corrected chi connectivity index (χ4v) is 1.85. The number of hydrogen-bond donors (Lipinski definition) is 1. The number of ether oxygens (including phenoxy) is 1. The van der Waals surface area contributed by atoms with Crippen LogP contribution in [0.4, 0.5) is 0 Å². The molecule has 1 rings (SSSR count). The number of amides is 1. The zero-order valence-electron chi connectivity index (χ0n) is 12.2. The predicted octanol–water partition coefficient (Wildman–Crippen LogP) is 2.01. The Morgan fingerprint density at radius 2 is 1.80 bits per heavy atom. The molecular formula is C15H21NO4. The van der Waals surface area contributed by atoms with Crippen LogP contribution in [0.3, 0.4) is 0 Å². The normalized spacial score (nSPS) is 10.2. The van der Waals surface area contributed by atoms with Gasteiger partial charge in [-0.2, -0.15) is 0 Å². The molecule has 110 valence electrons. The molecule has 0 saturated carbocycles. The molecule has 0 fully saturated rings. The summed E-state index contributed by atoms with van der Waals surface area (Å²) in [7, 11) is 1.60. The number of para-hydroxylation sites is 1. The van der Waals surface area contributed by atoms with Crippen LogP contribution >= 0.6 is 0 Å². The zero-order chi connectivity index (χ0) is 15.1. The third kappa shape index (κ3) is 4.91. The highest BCUT2D eigenvalue weighted by Crippen LogP contribution is 2.22. The van der Waals surface area contributed by atoms with E-state index in [1.807, 2.05) is 32.0 Å². The van der Waals surface area contributed by atoms with Gasteiger partial charge in [0, 0.05) is 13.6 Å². The lowest BCUT2D eigenvalue weighted by molar-refractivity contribution is -0.138. The smallest absolute Gasteiger partial charge is 0.305 e. The summed E-state index contributed by atoms with van der Waals surface area (Å²) in [5.74, 6) is -0.206. The molecule has 0 aliphatic heterocycles. The van der Waals surface area contributed by atoms with E-state index in [9.17, 15) is 9.59 Å². The van der Waals surface area contributed by atoms with Crippen molar-refractivity contribution in [1.82, 2.24) is 4.90 Å². The van der Waals surface area contributed by atoms with Gasteiger partial charge in [0.2, 0.25) is 5.91 Å². The lowest BCUT2D eigenvalue weighted by Gasteiger charge is -2.17. The molecule has 0 heterocycles. The summed E-state index contributed by atoms with van der Waals surface area (Å²) in [6, 6.07) is 5.88. The van der Waals surface area contributed by atoms with Gasteiger partial charge in [-0.05, 0) is 25.0 Å². The highest BCUT2D eigenvalue weighted by molar-refractivity contribution is 5.76. The number of aliphatic carboxylic acids is 1. The van der Waals surface area contributed by atoms with Crippen molar-refractivity contribution in [3.63, 3.8) is 0 Å². The van der Waals surface area contributed by atoms with Crippen LogP contribution < -0.4 is 4.74 Å². The number of aryl methyl sites for hydroxylation is 2. The second-order valence-electron chi connectivity index (χ2n) is 4.78. The molecule has 0 radical (unpaired) electrons. The van der Waals surface area contributed by atoms with Crippen molar-refractivity contribution in [2.45, 2.75) is 26.7 Å². The summed E-state index contributed by atoms with van der Waals surface area (Å²) < 4.78 is 5.65. The minimum Gasteiger partial charge on any atom is -0.493 e. The molecule has 1 aromatic rings. The molecule has 0 atom stereocenters. The van der Waals surface area contributed by atoms with Crippen LogP contribution in [0.15, 0.2) is 18.2 Å². The van der Waals surface area contributed by atoms with Crippen molar-refractivity contribution in [2.24, 2.45) is 0 Å². The highest BCUT2D eigenvalue weighted by Gasteiger charge is 2.11. The lowest BCUT2D eigenvalue weighted by Crippen LogP contribution is -2.30. The van der Waals surface area contributed by atoms with E-state index in [-0.39, 0.29) is 25.3 Å². The Hall–Kier alpha value is -2.04. The molecule has 20 heavy (non-hydrogen) atoms. The molecule has 1 N–H and O–H groups in total. The maximum absolute atomic E-state index is 11.8. The summed E-state index contributed by atoms with van der Waals surface area (Å²) in [6.07, 6.45) is 0.198. The molecular weight excluding hydrogens is 258 g/mol. The van der Waals surface area contributed by atoms with Gasteiger partial charge in [0.25, 0.3) is 0 Å². The van der Waals surface area contributed by atoms with E-state index in [2.05, 4.69) is 0 Å². The summed E-state index contributed by atoms with van der Waals surface area (Å²) in [5, 5.41) is 8.57. The van der Waals surface area contributed by atoms with E-state index in [4.69, 9.17) is 9.84 Å². The average Bonchev–Trinajstić information content (AvgIpc) is 2.39. The molecule has 0 aliphatic carbocycles. The van der Waals surface area contributed by atoms with Crippen LogP contribution in [0.25, 0.3) is 0 Å². The lowest BCUT2D eigenvalue weighted by atomic mass is 10.1. The summed E-state index contributed by atoms with van der Waals surface area (Å²) in [6.45, 7) is 4.44. The van der Waals surface area contributed by atoms with E-state index in [1.165, 1.54) is 4.90 Å². The van der Waals surface area contributed by atoms with Crippen LogP contribution in [-0.4, -0.2) is 42.1 Å². The van der Waals surface area contributed by atoms with Crippen molar-refractivity contribution >= 4 is 11.9 Å². The first-order valence-electron chi connectivity index (χ1n) is 6.56. The monoisotopic (exact) mass is 279 g/mol. The van der Waals surface area contributed by atoms with Gasteiger partial charge in [-0.15, -0.1) is 0 Å². The van der Waals surface area contributed by atoms with Crippen molar-refractivity contribution in [3.05, 3.63) is 29.3 Å². The molecule has 0 aliphatic rings. The molecule has 0 saturated heterocycles. The van der Waals surface area contributed by atoms with E-state index < -0.39 is 5.97 Å². The van der Waals surface area contributed by atoms with Crippen molar-refractivity contribution < 1.29 is 19.4 Å². The Kier molecular flexibility index (Phi) is 6.03. The van der Waals surface area contributed by atoms with Crippen LogP contribution in [-0.2, 0) is 9.59 Å². The number of carbonyl (C=O) groups excluding carboxylic acids is 1. The minimum absolute atomic E-state index is 0.0417. The van der Waals surface area contributed by atoms with Gasteiger partial charge in [0.05, 0.1) is 19.4 Å². The van der Waals surface area contributed by atoms with E-state index in [1.54, 1.807) is 7.05 Å². The minimum atomic E-state index is -0.906. The van der Waals surface area contributed by atoms with Gasteiger partial charge < -0.3 is 14.7 Å². The quantitative estimate of drug-likeness (QED) is 0.829. The molecule has 5 heteroatoms. The molecule has 1 amide bonds. The van der Waals surface area contributed by atoms with Gasteiger partial charge in [-0.25, -0.2) is 0 Å². The van der Waals surface area contributed by atoms with Crippen LogP contribution in [0, 0.1) is 13.8 Å². The van der Waals surface area contributed by atoms with E-state index >= 15 is 0 Å². The Morgan fingerprint density at radius 3 is 2.35 bits per heavy atom. The van der Waals surface area contributed by atoms with Crippen molar-refractivity contribution in [2.75, 3.05) is 20.2 Å². The second-order valence-corrected chi connectivity index (χ2v) is 4.78. The number of hydrogen-bond acceptors (Lipinski definition) is 3. The summed E-state index contributed by atoms with van der Waals surface area (Å²) >= 11 is 0. The third-order valence-electron chi connectivity index (χ3n) is 3.06. The number of nitrogens with zero attached hydrogens (tertiary/aromatic N) is 1. The SMILES string of the molecule is Cc1cccc(C)c1OCCC(=O)N(C)CCC(=O)O. The number of carbonyl (C=O) groups is 2. The maximum atomic E-state index is 11.8. The fourth-order valence-electron chi connectivity index (χ4n) is 1.85. The number of carboxylic acids is 1. The topological polar surface area (TPSA) is 66.8 Å². The van der Waals surface area contributed by atoms with E-state index in [0.29, 0.717) is 6.61 Å². The molecule has 5 nitrogen and oxygen atoms in total. The second kappa shape index (κ2) is 7.53. The van der Waals surface area contributed by atoms with Gasteiger partial charge in [-0.1, -0.05) is 18.2 Å². The highest BCUT2D eigenvalue weighted by atomic mass is 16.5. The van der Waals surface area contributed by atoms with Gasteiger partial charge in [0.1, 0.15) is 5.75 Å². The number of rotatable bonds is 7. The Labute approximate surface area is 119 Å². The van der Waals surface area contributed by atoms with Crippen LogP contribution in [0.5, 0.6) is 5.75 Å².